The summed E-state index contributed by atoms with van der Waals surface area (Å²) in [5, 5.41) is 3.27. The van der Waals surface area contributed by atoms with Gasteiger partial charge < -0.3 is 10.2 Å². The van der Waals surface area contributed by atoms with Crippen LogP contribution in [-0.4, -0.2) is 36.5 Å². The average Bonchev–Trinajstić information content (AvgIpc) is 2.18. The first-order valence-corrected chi connectivity index (χ1v) is 5.04. The minimum Gasteiger partial charge on any atom is -0.333 e. The Morgan fingerprint density at radius 1 is 1.64 bits per heavy atom. The van der Waals surface area contributed by atoms with Gasteiger partial charge in [0, 0.05) is 7.05 Å². The number of rotatable bonds is 2. The fraction of sp³-hybridized carbons (Fsp3) is 0.727. The lowest BCUT2D eigenvalue weighted by atomic mass is 9.89. The van der Waals surface area contributed by atoms with Gasteiger partial charge in [-0.25, -0.2) is 0 Å². The normalized spacial score (nSPS) is 26.6. The second-order valence-electron chi connectivity index (χ2n) is 4.08. The quantitative estimate of drug-likeness (QED) is 0.653. The van der Waals surface area contributed by atoms with E-state index in [0.717, 1.165) is 25.8 Å². The van der Waals surface area contributed by atoms with E-state index in [0.29, 0.717) is 6.54 Å². The first-order valence-electron chi connectivity index (χ1n) is 5.04. The molecule has 0 saturated carbocycles. The number of hydrogen-bond acceptors (Lipinski definition) is 2. The highest BCUT2D eigenvalue weighted by molar-refractivity contribution is 5.86. The zero-order chi connectivity index (χ0) is 10.6. The van der Waals surface area contributed by atoms with Gasteiger partial charge in [0.25, 0.3) is 0 Å². The van der Waals surface area contributed by atoms with Crippen LogP contribution in [0.25, 0.3) is 0 Å². The zero-order valence-corrected chi connectivity index (χ0v) is 8.97. The Balaban J connectivity index is 2.62. The molecule has 14 heavy (non-hydrogen) atoms. The molecule has 0 aliphatic carbocycles. The summed E-state index contributed by atoms with van der Waals surface area (Å²) >= 11 is 0. The molecule has 1 N–H and O–H groups in total. The monoisotopic (exact) mass is 194 g/mol. The maximum atomic E-state index is 12.0. The molecule has 0 aromatic carbocycles. The molecule has 0 aromatic rings. The van der Waals surface area contributed by atoms with Gasteiger partial charge >= 0.3 is 0 Å². The number of nitrogens with one attached hydrogen (secondary N) is 1. The molecule has 1 aliphatic heterocycles. The van der Waals surface area contributed by atoms with Crippen molar-refractivity contribution in [3.8, 4) is 12.3 Å². The number of piperidine rings is 1. The third-order valence-corrected chi connectivity index (χ3v) is 2.77. The molecule has 1 aliphatic rings. The minimum atomic E-state index is -0.399. The van der Waals surface area contributed by atoms with Gasteiger partial charge in [-0.05, 0) is 32.7 Å². The van der Waals surface area contributed by atoms with Crippen LogP contribution in [0.5, 0.6) is 0 Å². The molecule has 1 fully saturated rings. The highest BCUT2D eigenvalue weighted by Crippen LogP contribution is 2.20. The van der Waals surface area contributed by atoms with E-state index >= 15 is 0 Å². The molecule has 0 aromatic heterocycles. The van der Waals surface area contributed by atoms with Crippen molar-refractivity contribution in [1.82, 2.24) is 10.2 Å². The van der Waals surface area contributed by atoms with Crippen molar-refractivity contribution in [2.45, 2.75) is 31.7 Å². The Hall–Kier alpha value is -1.01. The van der Waals surface area contributed by atoms with Crippen molar-refractivity contribution in [3.05, 3.63) is 0 Å². The van der Waals surface area contributed by atoms with Crippen LogP contribution in [0.3, 0.4) is 0 Å². The molecule has 3 nitrogen and oxygen atoms in total. The molecule has 0 radical (unpaired) electrons. The molecule has 78 valence electrons. The van der Waals surface area contributed by atoms with Crippen LogP contribution in [0.4, 0.5) is 0 Å². The minimum absolute atomic E-state index is 0.107. The lowest BCUT2D eigenvalue weighted by molar-refractivity contribution is -0.136. The van der Waals surface area contributed by atoms with Gasteiger partial charge in [0.2, 0.25) is 5.91 Å². The van der Waals surface area contributed by atoms with Gasteiger partial charge in [0.05, 0.1) is 12.1 Å². The highest BCUT2D eigenvalue weighted by atomic mass is 16.2. The molecule has 1 atom stereocenters. The van der Waals surface area contributed by atoms with E-state index in [1.807, 2.05) is 6.92 Å². The number of likely N-dealkylation sites (N-methyl/N-ethyl adjacent to an activating group) is 1. The lowest BCUT2D eigenvalue weighted by Gasteiger charge is -2.36. The summed E-state index contributed by atoms with van der Waals surface area (Å²) in [6, 6.07) is 0. The van der Waals surface area contributed by atoms with Gasteiger partial charge in [-0.2, -0.15) is 0 Å². The Labute approximate surface area is 85.9 Å². The number of carbonyl (C=O) groups is 1. The number of nitrogens with zero attached hydrogens (tertiary/aromatic N) is 1. The van der Waals surface area contributed by atoms with E-state index in [4.69, 9.17) is 6.42 Å². The fourth-order valence-corrected chi connectivity index (χ4v) is 1.87. The van der Waals surface area contributed by atoms with E-state index in [1.54, 1.807) is 11.9 Å². The third kappa shape index (κ3) is 2.27. The molecular formula is C11H18N2O. The summed E-state index contributed by atoms with van der Waals surface area (Å²) in [5.74, 6) is 2.59. The van der Waals surface area contributed by atoms with Crippen LogP contribution in [0.2, 0.25) is 0 Å². The summed E-state index contributed by atoms with van der Waals surface area (Å²) < 4.78 is 0. The molecule has 3 heteroatoms. The van der Waals surface area contributed by atoms with Crippen molar-refractivity contribution in [2.75, 3.05) is 20.1 Å². The van der Waals surface area contributed by atoms with Crippen LogP contribution in [0.15, 0.2) is 0 Å². The largest absolute Gasteiger partial charge is 0.333 e. The Morgan fingerprint density at radius 2 is 2.36 bits per heavy atom. The number of hydrogen-bond donors (Lipinski definition) is 1. The summed E-state index contributed by atoms with van der Waals surface area (Å²) in [5.41, 5.74) is -0.399. The molecule has 1 heterocycles. The van der Waals surface area contributed by atoms with Crippen LogP contribution in [-0.2, 0) is 4.79 Å². The van der Waals surface area contributed by atoms with Gasteiger partial charge in [0.1, 0.15) is 0 Å². The second-order valence-corrected chi connectivity index (χ2v) is 4.08. The van der Waals surface area contributed by atoms with Gasteiger partial charge in [0.15, 0.2) is 0 Å². The van der Waals surface area contributed by atoms with Crippen LogP contribution in [0, 0.1) is 12.3 Å². The Bertz CT molecular complexity index is 249. The third-order valence-electron chi connectivity index (χ3n) is 2.77. The molecular weight excluding hydrogens is 176 g/mol. The summed E-state index contributed by atoms with van der Waals surface area (Å²) in [4.78, 5) is 13.6. The van der Waals surface area contributed by atoms with Crippen molar-refractivity contribution in [3.63, 3.8) is 0 Å². The topological polar surface area (TPSA) is 32.3 Å². The SMILES string of the molecule is C#CCN(C)C(=O)C1(C)CCCCN1. The molecule has 1 amide bonds. The van der Waals surface area contributed by atoms with Gasteiger partial charge in [-0.3, -0.25) is 4.79 Å². The van der Waals surface area contributed by atoms with Crippen molar-refractivity contribution in [1.29, 1.82) is 0 Å². The summed E-state index contributed by atoms with van der Waals surface area (Å²) in [6.07, 6.45) is 8.34. The predicted octanol–water partition coefficient (Wildman–Crippen LogP) is 0.610. The Morgan fingerprint density at radius 3 is 2.86 bits per heavy atom. The van der Waals surface area contributed by atoms with Crippen molar-refractivity contribution < 1.29 is 4.79 Å². The zero-order valence-electron chi connectivity index (χ0n) is 8.97. The van der Waals surface area contributed by atoms with E-state index in [2.05, 4.69) is 11.2 Å². The molecule has 1 unspecified atom stereocenters. The number of terminal acetylenes is 1. The smallest absolute Gasteiger partial charge is 0.243 e. The number of amides is 1. The lowest BCUT2D eigenvalue weighted by Crippen LogP contribution is -2.57. The Kier molecular flexibility index (Phi) is 3.54. The molecule has 0 spiro atoms. The van der Waals surface area contributed by atoms with E-state index in [9.17, 15) is 4.79 Å². The number of carbonyl (C=O) groups excluding carboxylic acids is 1. The van der Waals surface area contributed by atoms with E-state index in [-0.39, 0.29) is 5.91 Å². The molecule has 1 rings (SSSR count). The first-order chi connectivity index (χ1) is 6.60. The standard InChI is InChI=1S/C11H18N2O/c1-4-9-13(3)10(14)11(2)7-5-6-8-12-11/h1,12H,5-9H2,2-3H3. The molecule has 0 bridgehead atoms. The van der Waals surface area contributed by atoms with Crippen molar-refractivity contribution >= 4 is 5.91 Å². The van der Waals surface area contributed by atoms with Crippen LogP contribution in [0.1, 0.15) is 26.2 Å². The second kappa shape index (κ2) is 4.47. The fourth-order valence-electron chi connectivity index (χ4n) is 1.87. The van der Waals surface area contributed by atoms with E-state index < -0.39 is 5.54 Å². The van der Waals surface area contributed by atoms with E-state index in [1.165, 1.54) is 0 Å². The maximum Gasteiger partial charge on any atom is 0.243 e. The highest BCUT2D eigenvalue weighted by Gasteiger charge is 2.35. The van der Waals surface area contributed by atoms with Crippen molar-refractivity contribution in [2.24, 2.45) is 0 Å². The van der Waals surface area contributed by atoms with Gasteiger partial charge in [-0.15, -0.1) is 6.42 Å². The maximum absolute atomic E-state index is 12.0. The summed E-state index contributed by atoms with van der Waals surface area (Å²) in [6.45, 7) is 3.27. The summed E-state index contributed by atoms with van der Waals surface area (Å²) in [7, 11) is 1.75. The molecule has 1 saturated heterocycles. The van der Waals surface area contributed by atoms with Gasteiger partial charge in [-0.1, -0.05) is 5.92 Å². The van der Waals surface area contributed by atoms with Crippen LogP contribution >= 0.6 is 0 Å². The first kappa shape index (κ1) is 11.1. The van der Waals surface area contributed by atoms with Crippen LogP contribution < -0.4 is 5.32 Å². The predicted molar refractivity (Wildman–Crippen MR) is 56.7 cm³/mol. The average molecular weight is 194 g/mol.